The van der Waals surface area contributed by atoms with E-state index in [1.807, 2.05) is 55.5 Å². The highest BCUT2D eigenvalue weighted by molar-refractivity contribution is 5.90. The lowest BCUT2D eigenvalue weighted by Gasteiger charge is -2.15. The first-order valence-electron chi connectivity index (χ1n) is 8.96. The number of hydrogen-bond donors (Lipinski definition) is 4. The highest BCUT2D eigenvalue weighted by Gasteiger charge is 2.08. The Balaban J connectivity index is 1.43. The minimum atomic E-state index is -0.206. The molecule has 4 N–H and O–H groups in total. The van der Waals surface area contributed by atoms with Gasteiger partial charge >= 0.3 is 6.03 Å². The molecule has 0 fully saturated rings. The number of urea groups is 1. The molecule has 0 aliphatic rings. The minimum absolute atomic E-state index is 0.0546. The van der Waals surface area contributed by atoms with Crippen LogP contribution < -0.4 is 21.5 Å². The van der Waals surface area contributed by atoms with Gasteiger partial charge in [-0.05, 0) is 25.0 Å². The van der Waals surface area contributed by atoms with Crippen LogP contribution in [0.3, 0.4) is 0 Å². The second kappa shape index (κ2) is 8.84. The summed E-state index contributed by atoms with van der Waals surface area (Å²) in [7, 11) is 0. The first kappa shape index (κ1) is 18.4. The average Bonchev–Trinajstić information content (AvgIpc) is 2.70. The lowest BCUT2D eigenvalue weighted by atomic mass is 10.1. The molecule has 1 atom stereocenters. The summed E-state index contributed by atoms with van der Waals surface area (Å²) < 4.78 is 0. The van der Waals surface area contributed by atoms with Crippen molar-refractivity contribution >= 4 is 22.6 Å². The summed E-state index contributed by atoms with van der Waals surface area (Å²) in [6.07, 6.45) is 0.724. The molecule has 0 saturated heterocycles. The van der Waals surface area contributed by atoms with Crippen LogP contribution in [0.1, 0.15) is 24.9 Å². The van der Waals surface area contributed by atoms with Gasteiger partial charge in [-0.3, -0.25) is 4.79 Å². The number of hydrogen-bond acceptors (Lipinski definition) is 4. The number of H-pyrrole nitrogens is 1. The van der Waals surface area contributed by atoms with Crippen molar-refractivity contribution in [3.8, 4) is 0 Å². The molecule has 3 aromatic rings. The van der Waals surface area contributed by atoms with Gasteiger partial charge in [-0.1, -0.05) is 48.5 Å². The van der Waals surface area contributed by atoms with Gasteiger partial charge in [0.1, 0.15) is 0 Å². The van der Waals surface area contributed by atoms with Crippen LogP contribution in [0.25, 0.3) is 10.8 Å². The van der Waals surface area contributed by atoms with Crippen LogP contribution >= 0.6 is 0 Å². The zero-order valence-electron chi connectivity index (χ0n) is 15.2. The van der Waals surface area contributed by atoms with E-state index in [9.17, 15) is 9.59 Å². The van der Waals surface area contributed by atoms with Crippen LogP contribution in [0.2, 0.25) is 0 Å². The smallest absolute Gasteiger partial charge is 0.315 e. The van der Waals surface area contributed by atoms with E-state index in [2.05, 4.69) is 26.1 Å². The number of amides is 2. The fourth-order valence-electron chi connectivity index (χ4n) is 2.82. The number of aromatic nitrogens is 2. The average molecular weight is 365 g/mol. The van der Waals surface area contributed by atoms with Crippen molar-refractivity contribution < 1.29 is 4.79 Å². The molecule has 140 valence electrons. The largest absolute Gasteiger partial charge is 0.368 e. The lowest BCUT2D eigenvalue weighted by Crippen LogP contribution is -2.37. The Bertz CT molecular complexity index is 955. The van der Waals surface area contributed by atoms with Gasteiger partial charge in [0.15, 0.2) is 5.82 Å². The van der Waals surface area contributed by atoms with E-state index >= 15 is 0 Å². The van der Waals surface area contributed by atoms with Crippen molar-refractivity contribution in [2.24, 2.45) is 0 Å². The molecule has 7 heteroatoms. The van der Waals surface area contributed by atoms with Crippen LogP contribution in [0.15, 0.2) is 59.4 Å². The number of nitrogens with zero attached hydrogens (tertiary/aromatic N) is 1. The first-order valence-corrected chi connectivity index (χ1v) is 8.96. The third kappa shape index (κ3) is 4.84. The Kier molecular flexibility index (Phi) is 6.04. The Hall–Kier alpha value is -3.35. The van der Waals surface area contributed by atoms with E-state index in [1.165, 1.54) is 0 Å². The molecule has 0 spiro atoms. The van der Waals surface area contributed by atoms with E-state index in [-0.39, 0.29) is 17.6 Å². The first-order chi connectivity index (χ1) is 13.1. The van der Waals surface area contributed by atoms with Crippen LogP contribution in [0.4, 0.5) is 10.6 Å². The Labute approximate surface area is 157 Å². The van der Waals surface area contributed by atoms with Gasteiger partial charge in [-0.2, -0.15) is 5.10 Å². The molecule has 0 saturated carbocycles. The Morgan fingerprint density at radius 3 is 2.52 bits per heavy atom. The summed E-state index contributed by atoms with van der Waals surface area (Å²) in [6, 6.07) is 16.9. The molecule has 7 nitrogen and oxygen atoms in total. The zero-order valence-corrected chi connectivity index (χ0v) is 15.2. The summed E-state index contributed by atoms with van der Waals surface area (Å²) >= 11 is 0. The lowest BCUT2D eigenvalue weighted by molar-refractivity contribution is 0.238. The van der Waals surface area contributed by atoms with Gasteiger partial charge in [-0.15, -0.1) is 0 Å². The van der Waals surface area contributed by atoms with Crippen molar-refractivity contribution in [1.29, 1.82) is 0 Å². The second-order valence-electron chi connectivity index (χ2n) is 6.26. The predicted molar refractivity (Wildman–Crippen MR) is 107 cm³/mol. The third-order valence-electron chi connectivity index (χ3n) is 4.27. The quantitative estimate of drug-likeness (QED) is 0.484. The Morgan fingerprint density at radius 1 is 1.04 bits per heavy atom. The van der Waals surface area contributed by atoms with E-state index in [0.29, 0.717) is 24.3 Å². The molecule has 2 aromatic carbocycles. The summed E-state index contributed by atoms with van der Waals surface area (Å²) in [5, 5.41) is 16.9. The molecular formula is C20H23N5O2. The van der Waals surface area contributed by atoms with Gasteiger partial charge < -0.3 is 16.0 Å². The van der Waals surface area contributed by atoms with Gasteiger partial charge in [0.25, 0.3) is 5.56 Å². The maximum Gasteiger partial charge on any atom is 0.315 e. The molecular weight excluding hydrogens is 342 g/mol. The van der Waals surface area contributed by atoms with Gasteiger partial charge in [0.2, 0.25) is 0 Å². The summed E-state index contributed by atoms with van der Waals surface area (Å²) in [5.41, 5.74) is 0.854. The van der Waals surface area contributed by atoms with Gasteiger partial charge in [0, 0.05) is 18.5 Å². The fraction of sp³-hybridized carbons (Fsp3) is 0.250. The number of rotatable bonds is 7. The van der Waals surface area contributed by atoms with Crippen molar-refractivity contribution in [2.45, 2.75) is 19.4 Å². The molecule has 1 heterocycles. The van der Waals surface area contributed by atoms with Crippen molar-refractivity contribution in [3.05, 3.63) is 70.5 Å². The zero-order chi connectivity index (χ0) is 19.1. The van der Waals surface area contributed by atoms with Crippen LogP contribution in [-0.4, -0.2) is 29.3 Å². The van der Waals surface area contributed by atoms with Crippen molar-refractivity contribution in [2.75, 3.05) is 18.4 Å². The topological polar surface area (TPSA) is 98.9 Å². The standard InChI is InChI=1S/C20H23N5O2/c1-14(15-8-3-2-4-9-15)23-20(27)22-13-7-12-21-18-16-10-5-6-11-17(16)19(26)25-24-18/h2-6,8-11,14H,7,12-13H2,1H3,(H,21,24)(H,25,26)(H2,22,23,27)/t14-/m1/s1. The summed E-state index contributed by atoms with van der Waals surface area (Å²) in [5.74, 6) is 0.632. The highest BCUT2D eigenvalue weighted by Crippen LogP contribution is 2.16. The number of nitrogens with one attached hydrogen (secondary N) is 4. The second-order valence-corrected chi connectivity index (χ2v) is 6.26. The summed E-state index contributed by atoms with van der Waals surface area (Å²) in [6.45, 7) is 3.10. The Morgan fingerprint density at radius 2 is 1.74 bits per heavy atom. The van der Waals surface area contributed by atoms with E-state index in [4.69, 9.17) is 0 Å². The number of fused-ring (bicyclic) bond motifs is 1. The number of benzene rings is 2. The SMILES string of the molecule is C[C@@H](NC(=O)NCCCNc1n[nH]c(=O)c2ccccc12)c1ccccc1. The maximum absolute atomic E-state index is 12.0. The number of carbonyl (C=O) groups excluding carboxylic acids is 1. The van der Waals surface area contributed by atoms with E-state index in [0.717, 1.165) is 17.4 Å². The fourth-order valence-corrected chi connectivity index (χ4v) is 2.82. The highest BCUT2D eigenvalue weighted by atomic mass is 16.2. The van der Waals surface area contributed by atoms with Gasteiger partial charge in [-0.25, -0.2) is 9.89 Å². The van der Waals surface area contributed by atoms with Gasteiger partial charge in [0.05, 0.1) is 11.4 Å². The molecule has 0 aliphatic heterocycles. The van der Waals surface area contributed by atoms with E-state index < -0.39 is 0 Å². The summed E-state index contributed by atoms with van der Waals surface area (Å²) in [4.78, 5) is 23.7. The van der Waals surface area contributed by atoms with Crippen molar-refractivity contribution in [1.82, 2.24) is 20.8 Å². The maximum atomic E-state index is 12.0. The number of aromatic amines is 1. The number of anilines is 1. The van der Waals surface area contributed by atoms with Crippen LogP contribution in [0.5, 0.6) is 0 Å². The number of carbonyl (C=O) groups is 1. The molecule has 27 heavy (non-hydrogen) atoms. The molecule has 0 unspecified atom stereocenters. The van der Waals surface area contributed by atoms with E-state index in [1.54, 1.807) is 6.07 Å². The minimum Gasteiger partial charge on any atom is -0.368 e. The van der Waals surface area contributed by atoms with Crippen molar-refractivity contribution in [3.63, 3.8) is 0 Å². The van der Waals surface area contributed by atoms with Crippen LogP contribution in [0, 0.1) is 0 Å². The molecule has 3 rings (SSSR count). The van der Waals surface area contributed by atoms with Crippen LogP contribution in [-0.2, 0) is 0 Å². The molecule has 0 radical (unpaired) electrons. The molecule has 0 aliphatic carbocycles. The molecule has 2 amide bonds. The normalized spacial score (nSPS) is 11.7. The molecule has 0 bridgehead atoms. The molecule has 1 aromatic heterocycles. The monoisotopic (exact) mass is 365 g/mol. The third-order valence-corrected chi connectivity index (χ3v) is 4.27. The predicted octanol–water partition coefficient (Wildman–Crippen LogP) is 2.79.